The molecular formula is C8H8O2. The maximum absolute atomic E-state index is 4.99. The van der Waals surface area contributed by atoms with Gasteiger partial charge in [0.2, 0.25) is 0 Å². The van der Waals surface area contributed by atoms with E-state index in [1.54, 1.807) is 12.2 Å². The largest absolute Gasteiger partial charge is 0.422 e. The average Bonchev–Trinajstić information content (AvgIpc) is 2.30. The van der Waals surface area contributed by atoms with Crippen molar-refractivity contribution in [2.45, 2.75) is 0 Å². The Morgan fingerprint density at radius 2 is 1.40 bits per heavy atom. The quantitative estimate of drug-likeness (QED) is 0.578. The van der Waals surface area contributed by atoms with E-state index in [-0.39, 0.29) is 5.95 Å². The maximum atomic E-state index is 4.99. The van der Waals surface area contributed by atoms with Crippen molar-refractivity contribution in [3.05, 3.63) is 49.4 Å². The van der Waals surface area contributed by atoms with Gasteiger partial charge in [0.15, 0.2) is 11.5 Å². The number of hydrogen-bond donors (Lipinski definition) is 0. The Kier molecular flexibility index (Phi) is 1.63. The van der Waals surface area contributed by atoms with Crippen molar-refractivity contribution in [3.63, 3.8) is 0 Å². The lowest BCUT2D eigenvalue weighted by Gasteiger charge is -1.91. The van der Waals surface area contributed by atoms with Crippen LogP contribution in [-0.4, -0.2) is 0 Å². The van der Waals surface area contributed by atoms with Crippen LogP contribution in [-0.2, 0) is 9.47 Å². The lowest BCUT2D eigenvalue weighted by Crippen LogP contribution is -1.77. The van der Waals surface area contributed by atoms with E-state index in [2.05, 4.69) is 19.7 Å². The van der Waals surface area contributed by atoms with Crippen molar-refractivity contribution in [1.82, 2.24) is 0 Å². The molecule has 0 aromatic heterocycles. The minimum absolute atomic E-state index is 0.268. The van der Waals surface area contributed by atoms with Crippen molar-refractivity contribution in [1.29, 1.82) is 0 Å². The third-order valence-corrected chi connectivity index (χ3v) is 1.06. The van der Waals surface area contributed by atoms with Crippen LogP contribution in [0.3, 0.4) is 0 Å². The van der Waals surface area contributed by atoms with Crippen LogP contribution in [0.15, 0.2) is 49.4 Å². The summed E-state index contributed by atoms with van der Waals surface area (Å²) in [6, 6.07) is 0. The van der Waals surface area contributed by atoms with Gasteiger partial charge in [0, 0.05) is 0 Å². The Balaban J connectivity index is 2.90. The first-order valence-electron chi connectivity index (χ1n) is 2.81. The molecule has 0 aromatic rings. The van der Waals surface area contributed by atoms with E-state index in [1.165, 1.54) is 0 Å². The summed E-state index contributed by atoms with van der Waals surface area (Å²) in [5.74, 6) is 1.41. The fourth-order valence-electron chi connectivity index (χ4n) is 0.651. The summed E-state index contributed by atoms with van der Waals surface area (Å²) in [7, 11) is 0. The van der Waals surface area contributed by atoms with Gasteiger partial charge < -0.3 is 9.47 Å². The number of rotatable bonds is 2. The molecular weight excluding hydrogens is 128 g/mol. The Morgan fingerprint density at radius 3 is 1.70 bits per heavy atom. The lowest BCUT2D eigenvalue weighted by molar-refractivity contribution is 0.187. The van der Waals surface area contributed by atoms with E-state index in [1.807, 2.05) is 0 Å². The van der Waals surface area contributed by atoms with E-state index >= 15 is 0 Å². The predicted octanol–water partition coefficient (Wildman–Crippen LogP) is 2.09. The Labute approximate surface area is 59.8 Å². The van der Waals surface area contributed by atoms with E-state index in [0.29, 0.717) is 11.5 Å². The van der Waals surface area contributed by atoms with Crippen LogP contribution in [0.4, 0.5) is 0 Å². The van der Waals surface area contributed by atoms with Crippen molar-refractivity contribution in [2.75, 3.05) is 0 Å². The highest BCUT2D eigenvalue weighted by Crippen LogP contribution is 2.24. The average molecular weight is 136 g/mol. The fourth-order valence-corrected chi connectivity index (χ4v) is 0.651. The molecule has 0 atom stereocenters. The molecule has 0 saturated carbocycles. The highest BCUT2D eigenvalue weighted by Gasteiger charge is 2.15. The summed E-state index contributed by atoms with van der Waals surface area (Å²) in [5, 5.41) is 0. The molecule has 1 aliphatic rings. The summed E-state index contributed by atoms with van der Waals surface area (Å²) in [6.45, 7) is 10.5. The Bertz CT molecular complexity index is 201. The van der Waals surface area contributed by atoms with Gasteiger partial charge in [-0.05, 0) is 18.7 Å². The molecule has 52 valence electrons. The van der Waals surface area contributed by atoms with Gasteiger partial charge >= 0.3 is 0 Å². The third kappa shape index (κ3) is 0.957. The van der Waals surface area contributed by atoms with Gasteiger partial charge in [0.05, 0.1) is 0 Å². The number of allylic oxidation sites excluding steroid dienone is 2. The van der Waals surface area contributed by atoms with E-state index in [9.17, 15) is 0 Å². The first-order chi connectivity index (χ1) is 4.77. The molecule has 0 aromatic carbocycles. The highest BCUT2D eigenvalue weighted by molar-refractivity contribution is 5.27. The van der Waals surface area contributed by atoms with Crippen molar-refractivity contribution in [3.8, 4) is 0 Å². The molecule has 2 nitrogen and oxygen atoms in total. The first-order valence-corrected chi connectivity index (χ1v) is 2.81. The van der Waals surface area contributed by atoms with Crippen LogP contribution in [0, 0.1) is 0 Å². The zero-order valence-electron chi connectivity index (χ0n) is 5.59. The Morgan fingerprint density at radius 1 is 1.00 bits per heavy atom. The minimum atomic E-state index is 0.268. The van der Waals surface area contributed by atoms with Gasteiger partial charge in [-0.3, -0.25) is 0 Å². The second kappa shape index (κ2) is 2.43. The lowest BCUT2D eigenvalue weighted by atomic mass is 10.4. The topological polar surface area (TPSA) is 18.5 Å². The number of hydrogen-bond acceptors (Lipinski definition) is 2. The van der Waals surface area contributed by atoms with Crippen molar-refractivity contribution < 1.29 is 9.47 Å². The van der Waals surface area contributed by atoms with Crippen LogP contribution in [0.5, 0.6) is 0 Å². The molecule has 1 rings (SSSR count). The SMILES string of the molecule is C=CC1=C(C=C)OC(=C)O1. The molecule has 0 bridgehead atoms. The van der Waals surface area contributed by atoms with Gasteiger partial charge in [-0.1, -0.05) is 13.2 Å². The monoisotopic (exact) mass is 136 g/mol. The molecule has 0 radical (unpaired) electrons. The fraction of sp³-hybridized carbons (Fsp3) is 0. The number of ether oxygens (including phenoxy) is 2. The second-order valence-electron chi connectivity index (χ2n) is 1.71. The molecule has 0 spiro atoms. The summed E-state index contributed by atoms with van der Waals surface area (Å²) in [4.78, 5) is 0. The molecule has 1 aliphatic heterocycles. The van der Waals surface area contributed by atoms with Crippen LogP contribution in [0.25, 0.3) is 0 Å². The highest BCUT2D eigenvalue weighted by atomic mass is 16.7. The normalized spacial score (nSPS) is 16.2. The molecule has 0 unspecified atom stereocenters. The summed E-state index contributed by atoms with van der Waals surface area (Å²) in [5.41, 5.74) is 0. The third-order valence-electron chi connectivity index (χ3n) is 1.06. The van der Waals surface area contributed by atoms with Crippen LogP contribution >= 0.6 is 0 Å². The standard InChI is InChI=1S/C8H8O2/c1-4-7-8(5-2)10-6(3)9-7/h4-5H,1-3H2. The zero-order valence-corrected chi connectivity index (χ0v) is 5.59. The molecule has 1 heterocycles. The van der Waals surface area contributed by atoms with Gasteiger partial charge in [0.1, 0.15) is 0 Å². The van der Waals surface area contributed by atoms with Crippen LogP contribution in [0.1, 0.15) is 0 Å². The van der Waals surface area contributed by atoms with E-state index in [0.717, 1.165) is 0 Å². The molecule has 0 N–H and O–H groups in total. The molecule has 0 aliphatic carbocycles. The molecule has 0 amide bonds. The van der Waals surface area contributed by atoms with E-state index < -0.39 is 0 Å². The van der Waals surface area contributed by atoms with Gasteiger partial charge in [-0.15, -0.1) is 0 Å². The van der Waals surface area contributed by atoms with Crippen molar-refractivity contribution >= 4 is 0 Å². The van der Waals surface area contributed by atoms with Gasteiger partial charge in [0.25, 0.3) is 5.95 Å². The summed E-state index contributed by atoms with van der Waals surface area (Å²) >= 11 is 0. The van der Waals surface area contributed by atoms with Gasteiger partial charge in [-0.25, -0.2) is 0 Å². The molecule has 10 heavy (non-hydrogen) atoms. The first kappa shape index (κ1) is 6.68. The predicted molar refractivity (Wildman–Crippen MR) is 38.7 cm³/mol. The van der Waals surface area contributed by atoms with E-state index in [4.69, 9.17) is 9.47 Å². The van der Waals surface area contributed by atoms with Crippen LogP contribution in [0.2, 0.25) is 0 Å². The van der Waals surface area contributed by atoms with Gasteiger partial charge in [-0.2, -0.15) is 0 Å². The van der Waals surface area contributed by atoms with Crippen molar-refractivity contribution in [2.24, 2.45) is 0 Å². The van der Waals surface area contributed by atoms with Crippen LogP contribution < -0.4 is 0 Å². The zero-order chi connectivity index (χ0) is 7.56. The smallest absolute Gasteiger partial charge is 0.282 e. The molecule has 2 heteroatoms. The Hall–Kier alpha value is -1.44. The molecule has 0 fully saturated rings. The molecule has 0 saturated heterocycles. The second-order valence-corrected chi connectivity index (χ2v) is 1.71. The minimum Gasteiger partial charge on any atom is -0.422 e. The summed E-state index contributed by atoms with van der Waals surface area (Å²) < 4.78 is 9.98. The maximum Gasteiger partial charge on any atom is 0.282 e. The summed E-state index contributed by atoms with van der Waals surface area (Å²) in [6.07, 6.45) is 3.10.